The van der Waals surface area contributed by atoms with Crippen molar-refractivity contribution in [3.8, 4) is 0 Å². The summed E-state index contributed by atoms with van der Waals surface area (Å²) in [5, 5.41) is 11.7. The highest BCUT2D eigenvalue weighted by atomic mass is 16.4. The molecule has 1 amide bonds. The number of carbonyl (C=O) groups excluding carboxylic acids is 1. The molecule has 0 saturated heterocycles. The Morgan fingerprint density at radius 2 is 1.68 bits per heavy atom. The molecule has 2 aromatic carbocycles. The summed E-state index contributed by atoms with van der Waals surface area (Å²) in [6.45, 7) is 0. The smallest absolute Gasteiger partial charge is 0.319 e. The molecule has 1 aliphatic rings. The van der Waals surface area contributed by atoms with Crippen LogP contribution in [0, 0.1) is 5.41 Å². The Morgan fingerprint density at radius 1 is 1.05 bits per heavy atom. The van der Waals surface area contributed by atoms with Crippen molar-refractivity contribution in [2.45, 2.75) is 25.7 Å². The minimum absolute atomic E-state index is 0.312. The molecule has 0 atom stereocenters. The van der Waals surface area contributed by atoms with E-state index in [-0.39, 0.29) is 5.91 Å². The number of amides is 1. The molecule has 3 rings (SSSR count). The van der Waals surface area contributed by atoms with Crippen molar-refractivity contribution in [2.24, 2.45) is 5.41 Å². The Labute approximate surface area is 129 Å². The molecule has 2 aromatic rings. The second kappa shape index (κ2) is 5.44. The van der Waals surface area contributed by atoms with Crippen LogP contribution in [0.25, 0.3) is 10.8 Å². The van der Waals surface area contributed by atoms with Gasteiger partial charge in [0.05, 0.1) is 0 Å². The molecule has 0 spiro atoms. The van der Waals surface area contributed by atoms with Crippen molar-refractivity contribution in [1.29, 1.82) is 0 Å². The molecule has 0 bridgehead atoms. The second-order valence-electron chi connectivity index (χ2n) is 5.99. The number of hydrogen-bond acceptors (Lipinski definition) is 2. The number of hydrogen-bond donors (Lipinski definition) is 1. The van der Waals surface area contributed by atoms with Crippen LogP contribution in [0.3, 0.4) is 0 Å². The maximum Gasteiger partial charge on any atom is 0.319 e. The van der Waals surface area contributed by atoms with Gasteiger partial charge in [0.1, 0.15) is 5.41 Å². The summed E-state index contributed by atoms with van der Waals surface area (Å²) >= 11 is 0. The fraction of sp³-hybridized carbons (Fsp3) is 0.333. The van der Waals surface area contributed by atoms with Gasteiger partial charge in [-0.2, -0.15) is 0 Å². The summed E-state index contributed by atoms with van der Waals surface area (Å²) < 4.78 is 0. The molecule has 0 unspecified atom stereocenters. The molecule has 1 saturated carbocycles. The lowest BCUT2D eigenvalue weighted by molar-refractivity contribution is -0.154. The summed E-state index contributed by atoms with van der Waals surface area (Å²) in [7, 11) is 1.66. The van der Waals surface area contributed by atoms with E-state index in [1.54, 1.807) is 7.05 Å². The van der Waals surface area contributed by atoms with Gasteiger partial charge in [-0.3, -0.25) is 9.59 Å². The van der Waals surface area contributed by atoms with E-state index in [1.165, 1.54) is 4.90 Å². The van der Waals surface area contributed by atoms with Gasteiger partial charge < -0.3 is 10.0 Å². The highest BCUT2D eigenvalue weighted by molar-refractivity contribution is 6.10. The van der Waals surface area contributed by atoms with Crippen molar-refractivity contribution >= 4 is 28.3 Å². The first-order valence-corrected chi connectivity index (χ1v) is 7.55. The Morgan fingerprint density at radius 3 is 2.32 bits per heavy atom. The zero-order valence-electron chi connectivity index (χ0n) is 12.6. The van der Waals surface area contributed by atoms with Crippen molar-refractivity contribution in [1.82, 2.24) is 0 Å². The molecular weight excluding hydrogens is 278 g/mol. The van der Waals surface area contributed by atoms with Crippen LogP contribution in [0.1, 0.15) is 25.7 Å². The Bertz CT molecular complexity index is 732. The predicted molar refractivity (Wildman–Crippen MR) is 85.9 cm³/mol. The maximum atomic E-state index is 12.8. The first kappa shape index (κ1) is 14.6. The van der Waals surface area contributed by atoms with Crippen LogP contribution < -0.4 is 4.90 Å². The molecule has 1 fully saturated rings. The zero-order valence-corrected chi connectivity index (χ0v) is 12.6. The SMILES string of the molecule is CN(C(=O)C1(C(=O)O)CCCC1)c1ccc2ccccc2c1. The predicted octanol–water partition coefficient (Wildman–Crippen LogP) is 3.45. The van der Waals surface area contributed by atoms with E-state index in [1.807, 2.05) is 42.5 Å². The van der Waals surface area contributed by atoms with E-state index >= 15 is 0 Å². The van der Waals surface area contributed by atoms with Crippen LogP contribution in [0.4, 0.5) is 5.69 Å². The van der Waals surface area contributed by atoms with Gasteiger partial charge in [-0.15, -0.1) is 0 Å². The molecule has 0 aromatic heterocycles. The lowest BCUT2D eigenvalue weighted by Crippen LogP contribution is -2.45. The highest BCUT2D eigenvalue weighted by Crippen LogP contribution is 2.40. The van der Waals surface area contributed by atoms with Crippen molar-refractivity contribution in [2.75, 3.05) is 11.9 Å². The average molecular weight is 297 g/mol. The van der Waals surface area contributed by atoms with Crippen LogP contribution in [0.5, 0.6) is 0 Å². The van der Waals surface area contributed by atoms with E-state index in [9.17, 15) is 14.7 Å². The van der Waals surface area contributed by atoms with Crippen molar-refractivity contribution < 1.29 is 14.7 Å². The van der Waals surface area contributed by atoms with Gasteiger partial charge in [-0.05, 0) is 35.7 Å². The molecule has 114 valence electrons. The van der Waals surface area contributed by atoms with Crippen molar-refractivity contribution in [3.05, 3.63) is 42.5 Å². The quantitative estimate of drug-likeness (QED) is 0.883. The number of rotatable bonds is 3. The molecule has 4 heteroatoms. The Kier molecular flexibility index (Phi) is 3.61. The molecule has 1 aliphatic carbocycles. The molecular formula is C18H19NO3. The minimum Gasteiger partial charge on any atom is -0.480 e. The third kappa shape index (κ3) is 2.25. The van der Waals surface area contributed by atoms with E-state index in [0.717, 1.165) is 29.3 Å². The first-order chi connectivity index (χ1) is 10.5. The molecule has 4 nitrogen and oxygen atoms in total. The fourth-order valence-electron chi connectivity index (χ4n) is 3.32. The van der Waals surface area contributed by atoms with Crippen molar-refractivity contribution in [3.63, 3.8) is 0 Å². The Balaban J connectivity index is 1.95. The summed E-state index contributed by atoms with van der Waals surface area (Å²) in [6.07, 6.45) is 2.45. The molecule has 1 N–H and O–H groups in total. The van der Waals surface area contributed by atoms with E-state index in [4.69, 9.17) is 0 Å². The second-order valence-corrected chi connectivity index (χ2v) is 5.99. The number of aliphatic carboxylic acids is 1. The number of anilines is 1. The average Bonchev–Trinajstić information content (AvgIpc) is 3.04. The highest BCUT2D eigenvalue weighted by Gasteiger charge is 2.49. The molecule has 0 aliphatic heterocycles. The Hall–Kier alpha value is -2.36. The number of carboxylic acid groups (broad SMARTS) is 1. The standard InChI is InChI=1S/C18H19NO3/c1-19(16(20)18(17(21)22)10-4-5-11-18)15-9-8-13-6-2-3-7-14(13)12-15/h2-3,6-9,12H,4-5,10-11H2,1H3,(H,21,22). The minimum atomic E-state index is -1.25. The number of nitrogens with zero attached hydrogens (tertiary/aromatic N) is 1. The number of benzene rings is 2. The molecule has 0 heterocycles. The summed E-state index contributed by atoms with van der Waals surface area (Å²) in [6, 6.07) is 13.7. The molecule has 0 radical (unpaired) electrons. The summed E-state index contributed by atoms with van der Waals surface area (Å²) in [5.41, 5.74) is -0.517. The van der Waals surface area contributed by atoms with Gasteiger partial charge >= 0.3 is 5.97 Å². The van der Waals surface area contributed by atoms with Gasteiger partial charge in [-0.1, -0.05) is 43.2 Å². The lowest BCUT2D eigenvalue weighted by Gasteiger charge is -2.29. The van der Waals surface area contributed by atoms with Crippen LogP contribution >= 0.6 is 0 Å². The maximum absolute atomic E-state index is 12.8. The third-order valence-electron chi connectivity index (χ3n) is 4.70. The summed E-state index contributed by atoms with van der Waals surface area (Å²) in [4.78, 5) is 25.9. The normalized spacial score (nSPS) is 16.6. The number of carbonyl (C=O) groups is 2. The van der Waals surface area contributed by atoms with Crippen LogP contribution in [0.15, 0.2) is 42.5 Å². The van der Waals surface area contributed by atoms with Gasteiger partial charge in [0.25, 0.3) is 0 Å². The van der Waals surface area contributed by atoms with E-state index in [0.29, 0.717) is 12.8 Å². The van der Waals surface area contributed by atoms with Crippen LogP contribution in [-0.4, -0.2) is 24.0 Å². The number of fused-ring (bicyclic) bond motifs is 1. The monoisotopic (exact) mass is 297 g/mol. The van der Waals surface area contributed by atoms with Gasteiger partial charge in [0, 0.05) is 12.7 Å². The fourth-order valence-corrected chi connectivity index (χ4v) is 3.32. The third-order valence-corrected chi connectivity index (χ3v) is 4.70. The lowest BCUT2D eigenvalue weighted by atomic mass is 9.84. The topological polar surface area (TPSA) is 57.6 Å². The van der Waals surface area contributed by atoms with E-state index in [2.05, 4.69) is 0 Å². The first-order valence-electron chi connectivity index (χ1n) is 7.55. The largest absolute Gasteiger partial charge is 0.480 e. The number of carboxylic acids is 1. The molecule has 22 heavy (non-hydrogen) atoms. The van der Waals surface area contributed by atoms with Gasteiger partial charge in [0.15, 0.2) is 0 Å². The zero-order chi connectivity index (χ0) is 15.7. The van der Waals surface area contributed by atoms with Crippen LogP contribution in [-0.2, 0) is 9.59 Å². The van der Waals surface area contributed by atoms with E-state index < -0.39 is 11.4 Å². The van der Waals surface area contributed by atoms with Gasteiger partial charge in [0.2, 0.25) is 5.91 Å². The van der Waals surface area contributed by atoms with Gasteiger partial charge in [-0.25, -0.2) is 0 Å². The summed E-state index contributed by atoms with van der Waals surface area (Å²) in [5.74, 6) is -1.31. The van der Waals surface area contributed by atoms with Crippen LogP contribution in [0.2, 0.25) is 0 Å².